The molecule has 2 fully saturated rings. The molecule has 20 heavy (non-hydrogen) atoms. The number of aryl methyl sites for hydroxylation is 1. The second-order valence-corrected chi connectivity index (χ2v) is 5.82. The molecule has 0 spiro atoms. The zero-order chi connectivity index (χ0) is 13.8. The van der Waals surface area contributed by atoms with Crippen molar-refractivity contribution in [2.75, 3.05) is 13.2 Å². The smallest absolute Gasteiger partial charge is 0.142 e. The molecule has 0 amide bonds. The molecule has 1 aromatic heterocycles. The van der Waals surface area contributed by atoms with Crippen LogP contribution in [-0.2, 0) is 11.3 Å². The van der Waals surface area contributed by atoms with Crippen molar-refractivity contribution in [2.24, 2.45) is 0 Å². The van der Waals surface area contributed by atoms with Gasteiger partial charge in [0, 0.05) is 31.3 Å². The van der Waals surface area contributed by atoms with Gasteiger partial charge in [0.05, 0.1) is 18.4 Å². The SMILES string of the molecule is Cc1ccc(OCCC2CCCO2)c(CNC2CC2)n1. The highest BCUT2D eigenvalue weighted by atomic mass is 16.5. The predicted molar refractivity (Wildman–Crippen MR) is 77.9 cm³/mol. The normalized spacial score (nSPS) is 22.1. The lowest BCUT2D eigenvalue weighted by Crippen LogP contribution is -2.18. The van der Waals surface area contributed by atoms with E-state index in [2.05, 4.69) is 10.3 Å². The van der Waals surface area contributed by atoms with Crippen molar-refractivity contribution in [3.8, 4) is 5.75 Å². The first-order valence-electron chi connectivity index (χ1n) is 7.75. The largest absolute Gasteiger partial charge is 0.492 e. The highest BCUT2D eigenvalue weighted by molar-refractivity contribution is 5.29. The quantitative estimate of drug-likeness (QED) is 0.831. The molecule has 1 aliphatic heterocycles. The van der Waals surface area contributed by atoms with E-state index in [1.807, 2.05) is 19.1 Å². The van der Waals surface area contributed by atoms with E-state index in [9.17, 15) is 0 Å². The number of rotatable bonds is 7. The van der Waals surface area contributed by atoms with Crippen LogP contribution in [0.25, 0.3) is 0 Å². The Morgan fingerprint density at radius 2 is 2.25 bits per heavy atom. The average molecular weight is 276 g/mol. The lowest BCUT2D eigenvalue weighted by Gasteiger charge is -2.14. The minimum Gasteiger partial charge on any atom is -0.492 e. The molecule has 2 aliphatic rings. The van der Waals surface area contributed by atoms with Crippen LogP contribution in [0.5, 0.6) is 5.75 Å². The molecule has 1 saturated heterocycles. The van der Waals surface area contributed by atoms with E-state index in [-0.39, 0.29) is 0 Å². The summed E-state index contributed by atoms with van der Waals surface area (Å²) in [5.41, 5.74) is 2.08. The number of pyridine rings is 1. The zero-order valence-corrected chi connectivity index (χ0v) is 12.2. The molecule has 1 atom stereocenters. The summed E-state index contributed by atoms with van der Waals surface area (Å²) in [4.78, 5) is 4.60. The van der Waals surface area contributed by atoms with Crippen LogP contribution in [-0.4, -0.2) is 30.3 Å². The highest BCUT2D eigenvalue weighted by Gasteiger charge is 2.21. The summed E-state index contributed by atoms with van der Waals surface area (Å²) in [5.74, 6) is 0.918. The van der Waals surface area contributed by atoms with E-state index in [1.54, 1.807) is 0 Å². The van der Waals surface area contributed by atoms with Crippen LogP contribution in [0.4, 0.5) is 0 Å². The molecule has 4 heteroatoms. The molecule has 4 nitrogen and oxygen atoms in total. The molecule has 1 saturated carbocycles. The first-order chi connectivity index (χ1) is 9.81. The van der Waals surface area contributed by atoms with E-state index in [1.165, 1.54) is 25.7 Å². The maximum Gasteiger partial charge on any atom is 0.142 e. The van der Waals surface area contributed by atoms with E-state index in [4.69, 9.17) is 9.47 Å². The number of aromatic nitrogens is 1. The van der Waals surface area contributed by atoms with E-state index >= 15 is 0 Å². The van der Waals surface area contributed by atoms with Gasteiger partial charge in [0.15, 0.2) is 0 Å². The second-order valence-electron chi connectivity index (χ2n) is 5.82. The molecule has 1 aromatic rings. The van der Waals surface area contributed by atoms with Gasteiger partial charge in [-0.3, -0.25) is 4.98 Å². The summed E-state index contributed by atoms with van der Waals surface area (Å²) < 4.78 is 11.5. The lowest BCUT2D eigenvalue weighted by molar-refractivity contribution is 0.0901. The number of nitrogens with zero attached hydrogens (tertiary/aromatic N) is 1. The molecule has 0 aromatic carbocycles. The van der Waals surface area contributed by atoms with Gasteiger partial charge < -0.3 is 14.8 Å². The Labute approximate surface area is 120 Å². The van der Waals surface area contributed by atoms with Crippen LogP contribution in [0.2, 0.25) is 0 Å². The summed E-state index contributed by atoms with van der Waals surface area (Å²) in [6.45, 7) is 4.46. The third-order valence-electron chi connectivity index (χ3n) is 3.93. The summed E-state index contributed by atoms with van der Waals surface area (Å²) in [5, 5.41) is 3.50. The van der Waals surface area contributed by atoms with E-state index in [0.717, 1.165) is 36.7 Å². The van der Waals surface area contributed by atoms with E-state index in [0.29, 0.717) is 18.8 Å². The predicted octanol–water partition coefficient (Wildman–Crippen LogP) is 2.59. The fraction of sp³-hybridized carbons (Fsp3) is 0.688. The summed E-state index contributed by atoms with van der Waals surface area (Å²) >= 11 is 0. The second kappa shape index (κ2) is 6.55. The maximum atomic E-state index is 5.92. The number of hydrogen-bond donors (Lipinski definition) is 1. The van der Waals surface area contributed by atoms with Crippen molar-refractivity contribution in [3.05, 3.63) is 23.5 Å². The van der Waals surface area contributed by atoms with Gasteiger partial charge in [0.2, 0.25) is 0 Å². The van der Waals surface area contributed by atoms with Crippen LogP contribution in [0, 0.1) is 6.92 Å². The van der Waals surface area contributed by atoms with Crippen molar-refractivity contribution in [1.82, 2.24) is 10.3 Å². The number of hydrogen-bond acceptors (Lipinski definition) is 4. The Bertz CT molecular complexity index is 440. The monoisotopic (exact) mass is 276 g/mol. The van der Waals surface area contributed by atoms with Gasteiger partial charge in [0.25, 0.3) is 0 Å². The molecule has 0 radical (unpaired) electrons. The van der Waals surface area contributed by atoms with Crippen molar-refractivity contribution >= 4 is 0 Å². The van der Waals surface area contributed by atoms with Crippen LogP contribution in [0.1, 0.15) is 43.5 Å². The number of nitrogens with one attached hydrogen (secondary N) is 1. The van der Waals surface area contributed by atoms with Crippen molar-refractivity contribution in [2.45, 2.75) is 57.7 Å². The average Bonchev–Trinajstić information content (AvgIpc) is 3.13. The topological polar surface area (TPSA) is 43.4 Å². The van der Waals surface area contributed by atoms with Crippen molar-refractivity contribution in [1.29, 1.82) is 0 Å². The first kappa shape index (κ1) is 13.8. The van der Waals surface area contributed by atoms with Gasteiger partial charge in [-0.05, 0) is 44.7 Å². The van der Waals surface area contributed by atoms with Crippen LogP contribution >= 0.6 is 0 Å². The third kappa shape index (κ3) is 3.93. The minimum atomic E-state index is 0.390. The van der Waals surface area contributed by atoms with Gasteiger partial charge >= 0.3 is 0 Å². The standard InChI is InChI=1S/C16H24N2O2/c1-12-4-7-16(15(18-12)11-17-13-5-6-13)20-10-8-14-3-2-9-19-14/h4,7,13-14,17H,2-3,5-6,8-11H2,1H3. The Morgan fingerprint density at radius 3 is 3.00 bits per heavy atom. The van der Waals surface area contributed by atoms with Crippen LogP contribution < -0.4 is 10.1 Å². The van der Waals surface area contributed by atoms with Gasteiger partial charge in [-0.25, -0.2) is 0 Å². The third-order valence-corrected chi connectivity index (χ3v) is 3.93. The van der Waals surface area contributed by atoms with Gasteiger partial charge in [0.1, 0.15) is 5.75 Å². The molecule has 1 unspecified atom stereocenters. The summed E-state index contributed by atoms with van der Waals surface area (Å²) in [6.07, 6.45) is 6.31. The molecule has 0 bridgehead atoms. The molecular weight excluding hydrogens is 252 g/mol. The Balaban J connectivity index is 1.52. The molecule has 3 rings (SSSR count). The van der Waals surface area contributed by atoms with Gasteiger partial charge in [-0.2, -0.15) is 0 Å². The molecule has 1 N–H and O–H groups in total. The first-order valence-corrected chi connectivity index (χ1v) is 7.75. The minimum absolute atomic E-state index is 0.390. The molecular formula is C16H24N2O2. The molecule has 110 valence electrons. The number of ether oxygens (including phenoxy) is 2. The van der Waals surface area contributed by atoms with Crippen molar-refractivity contribution < 1.29 is 9.47 Å². The summed E-state index contributed by atoms with van der Waals surface area (Å²) in [6, 6.07) is 4.75. The zero-order valence-electron chi connectivity index (χ0n) is 12.2. The lowest BCUT2D eigenvalue weighted by atomic mass is 10.2. The summed E-state index contributed by atoms with van der Waals surface area (Å²) in [7, 11) is 0. The maximum absolute atomic E-state index is 5.92. The van der Waals surface area contributed by atoms with Gasteiger partial charge in [-0.15, -0.1) is 0 Å². The highest BCUT2D eigenvalue weighted by Crippen LogP contribution is 2.23. The Kier molecular flexibility index (Phi) is 4.53. The fourth-order valence-corrected chi connectivity index (χ4v) is 2.56. The fourth-order valence-electron chi connectivity index (χ4n) is 2.56. The molecule has 2 heterocycles. The molecule has 1 aliphatic carbocycles. The van der Waals surface area contributed by atoms with Crippen molar-refractivity contribution in [3.63, 3.8) is 0 Å². The van der Waals surface area contributed by atoms with Crippen LogP contribution in [0.3, 0.4) is 0 Å². The van der Waals surface area contributed by atoms with Crippen LogP contribution in [0.15, 0.2) is 12.1 Å². The van der Waals surface area contributed by atoms with Gasteiger partial charge in [-0.1, -0.05) is 0 Å². The van der Waals surface area contributed by atoms with E-state index < -0.39 is 0 Å². The Morgan fingerprint density at radius 1 is 1.35 bits per heavy atom. The Hall–Kier alpha value is -1.13.